The summed E-state index contributed by atoms with van der Waals surface area (Å²) < 4.78 is 39.8. The number of nitrogens with zero attached hydrogens (tertiary/aromatic N) is 2. The smallest absolute Gasteiger partial charge is 0.240 e. The zero-order chi connectivity index (χ0) is 15.5. The maximum Gasteiger partial charge on any atom is 0.240 e. The summed E-state index contributed by atoms with van der Waals surface area (Å²) in [5.74, 6) is -0.746. The number of sulfonamides is 1. The lowest BCUT2D eigenvalue weighted by Crippen LogP contribution is -2.23. The summed E-state index contributed by atoms with van der Waals surface area (Å²) in [4.78, 5) is 5.03. The molecule has 5 nitrogen and oxygen atoms in total. The Bertz CT molecular complexity index is 794. The van der Waals surface area contributed by atoms with Crippen LogP contribution in [0.3, 0.4) is 0 Å². The van der Waals surface area contributed by atoms with Crippen molar-refractivity contribution in [1.82, 2.24) is 9.71 Å². The number of benzene rings is 1. The van der Waals surface area contributed by atoms with E-state index in [1.165, 1.54) is 11.3 Å². The van der Waals surface area contributed by atoms with Crippen LogP contribution in [0.25, 0.3) is 0 Å². The molecule has 8 heteroatoms. The Balaban J connectivity index is 2.17. The molecule has 21 heavy (non-hydrogen) atoms. The van der Waals surface area contributed by atoms with E-state index in [2.05, 4.69) is 9.71 Å². The summed E-state index contributed by atoms with van der Waals surface area (Å²) in [5, 5.41) is 9.38. The van der Waals surface area contributed by atoms with Gasteiger partial charge in [-0.2, -0.15) is 5.26 Å². The number of nitrogens with one attached hydrogen (secondary N) is 1. The predicted octanol–water partition coefficient (Wildman–Crippen LogP) is 2.19. The SMILES string of the molecule is CCc1cnc(CNS(=O)(=O)c2ccc(F)c(C#N)c2)s1. The molecule has 0 saturated carbocycles. The zero-order valence-corrected chi connectivity index (χ0v) is 12.8. The highest BCUT2D eigenvalue weighted by atomic mass is 32.2. The molecule has 110 valence electrons. The van der Waals surface area contributed by atoms with Gasteiger partial charge in [0.25, 0.3) is 0 Å². The molecule has 1 N–H and O–H groups in total. The maximum atomic E-state index is 13.2. The third kappa shape index (κ3) is 3.64. The monoisotopic (exact) mass is 325 g/mol. The summed E-state index contributed by atoms with van der Waals surface area (Å²) in [6.07, 6.45) is 2.55. The van der Waals surface area contributed by atoms with Crippen LogP contribution >= 0.6 is 11.3 Å². The molecule has 0 fully saturated rings. The minimum absolute atomic E-state index is 0.0618. The van der Waals surface area contributed by atoms with Gasteiger partial charge in [-0.1, -0.05) is 6.92 Å². The first-order chi connectivity index (χ1) is 9.96. The van der Waals surface area contributed by atoms with Gasteiger partial charge in [0.05, 0.1) is 17.0 Å². The van der Waals surface area contributed by atoms with E-state index in [1.807, 2.05) is 6.92 Å². The standard InChI is InChI=1S/C13H12FN3O2S2/c1-2-10-7-16-13(20-10)8-17-21(18,19)11-3-4-12(14)9(5-11)6-15/h3-5,7,17H,2,8H2,1H3. The van der Waals surface area contributed by atoms with Crippen molar-refractivity contribution in [2.45, 2.75) is 24.8 Å². The Labute approximate surface area is 126 Å². The van der Waals surface area contributed by atoms with Gasteiger partial charge in [-0.25, -0.2) is 22.5 Å². The lowest BCUT2D eigenvalue weighted by Gasteiger charge is -2.05. The van der Waals surface area contributed by atoms with Crippen LogP contribution in [-0.4, -0.2) is 13.4 Å². The van der Waals surface area contributed by atoms with Gasteiger partial charge in [0, 0.05) is 11.1 Å². The molecule has 0 bridgehead atoms. The lowest BCUT2D eigenvalue weighted by molar-refractivity contribution is 0.580. The molecule has 0 atom stereocenters. The minimum atomic E-state index is -3.81. The highest BCUT2D eigenvalue weighted by Gasteiger charge is 2.16. The van der Waals surface area contributed by atoms with Crippen molar-refractivity contribution in [3.05, 3.63) is 45.7 Å². The van der Waals surface area contributed by atoms with Crippen molar-refractivity contribution >= 4 is 21.4 Å². The average Bonchev–Trinajstić information content (AvgIpc) is 2.93. The Morgan fingerprint density at radius 3 is 2.86 bits per heavy atom. The first-order valence-electron chi connectivity index (χ1n) is 6.09. The highest BCUT2D eigenvalue weighted by Crippen LogP contribution is 2.16. The Morgan fingerprint density at radius 1 is 1.48 bits per heavy atom. The Hall–Kier alpha value is -1.82. The second-order valence-corrected chi connectivity index (χ2v) is 7.12. The van der Waals surface area contributed by atoms with Crippen LogP contribution in [0.2, 0.25) is 0 Å². The van der Waals surface area contributed by atoms with Crippen molar-refractivity contribution in [3.63, 3.8) is 0 Å². The molecule has 0 radical (unpaired) electrons. The van der Waals surface area contributed by atoms with Gasteiger partial charge in [0.1, 0.15) is 16.9 Å². The fraction of sp³-hybridized carbons (Fsp3) is 0.231. The summed E-state index contributed by atoms with van der Waals surface area (Å²) in [7, 11) is -3.81. The van der Waals surface area contributed by atoms with Gasteiger partial charge in [-0.3, -0.25) is 0 Å². The second-order valence-electron chi connectivity index (χ2n) is 4.15. The topological polar surface area (TPSA) is 82.8 Å². The predicted molar refractivity (Wildman–Crippen MR) is 76.6 cm³/mol. The Morgan fingerprint density at radius 2 is 2.24 bits per heavy atom. The van der Waals surface area contributed by atoms with E-state index in [0.717, 1.165) is 29.5 Å². The number of hydrogen-bond acceptors (Lipinski definition) is 5. The molecule has 0 amide bonds. The van der Waals surface area contributed by atoms with Crippen molar-refractivity contribution in [1.29, 1.82) is 5.26 Å². The number of halogens is 1. The number of aromatic nitrogens is 1. The zero-order valence-electron chi connectivity index (χ0n) is 11.1. The number of rotatable bonds is 5. The van der Waals surface area contributed by atoms with Crippen molar-refractivity contribution in [3.8, 4) is 6.07 Å². The molecule has 0 aliphatic heterocycles. The normalized spacial score (nSPS) is 11.3. The largest absolute Gasteiger partial charge is 0.248 e. The first-order valence-corrected chi connectivity index (χ1v) is 8.39. The molecule has 0 saturated heterocycles. The van der Waals surface area contributed by atoms with Gasteiger partial charge < -0.3 is 0 Å². The molecule has 0 spiro atoms. The second kappa shape index (κ2) is 6.30. The van der Waals surface area contributed by atoms with Crippen molar-refractivity contribution in [2.75, 3.05) is 0 Å². The van der Waals surface area contributed by atoms with Crippen LogP contribution in [-0.2, 0) is 23.0 Å². The van der Waals surface area contributed by atoms with Crippen LogP contribution < -0.4 is 4.72 Å². The van der Waals surface area contributed by atoms with Gasteiger partial charge in [0.2, 0.25) is 10.0 Å². The van der Waals surface area contributed by atoms with Crippen LogP contribution in [0.4, 0.5) is 4.39 Å². The first kappa shape index (κ1) is 15.6. The highest BCUT2D eigenvalue weighted by molar-refractivity contribution is 7.89. The van der Waals surface area contributed by atoms with Crippen LogP contribution in [0.15, 0.2) is 29.3 Å². The summed E-state index contributed by atoms with van der Waals surface area (Å²) in [5.41, 5.74) is -0.305. The number of aryl methyl sites for hydroxylation is 1. The molecular weight excluding hydrogens is 313 g/mol. The van der Waals surface area contributed by atoms with E-state index < -0.39 is 15.8 Å². The van der Waals surface area contributed by atoms with Gasteiger partial charge in [0.15, 0.2) is 0 Å². The van der Waals surface area contributed by atoms with Crippen LogP contribution in [0.1, 0.15) is 22.4 Å². The summed E-state index contributed by atoms with van der Waals surface area (Å²) in [6.45, 7) is 2.05. The molecule has 1 aromatic heterocycles. The van der Waals surface area contributed by atoms with Crippen LogP contribution in [0, 0.1) is 17.1 Å². The van der Waals surface area contributed by atoms with E-state index in [4.69, 9.17) is 5.26 Å². The number of nitriles is 1. The van der Waals surface area contributed by atoms with Crippen molar-refractivity contribution < 1.29 is 12.8 Å². The van der Waals surface area contributed by atoms with Gasteiger partial charge in [-0.05, 0) is 24.6 Å². The molecule has 0 aliphatic rings. The molecule has 1 heterocycles. The average molecular weight is 325 g/mol. The molecule has 2 aromatic rings. The maximum absolute atomic E-state index is 13.2. The lowest BCUT2D eigenvalue weighted by atomic mass is 10.2. The van der Waals surface area contributed by atoms with Gasteiger partial charge >= 0.3 is 0 Å². The summed E-state index contributed by atoms with van der Waals surface area (Å²) >= 11 is 1.43. The molecule has 0 unspecified atom stereocenters. The number of thiazole rings is 1. The minimum Gasteiger partial charge on any atom is -0.248 e. The van der Waals surface area contributed by atoms with E-state index in [1.54, 1.807) is 12.3 Å². The fourth-order valence-electron chi connectivity index (χ4n) is 1.59. The molecular formula is C13H12FN3O2S2. The number of hydrogen-bond donors (Lipinski definition) is 1. The molecule has 2 rings (SSSR count). The molecule has 1 aromatic carbocycles. The van der Waals surface area contributed by atoms with E-state index >= 15 is 0 Å². The summed E-state index contributed by atoms with van der Waals surface area (Å²) in [6, 6.07) is 4.71. The van der Waals surface area contributed by atoms with Crippen molar-refractivity contribution in [2.24, 2.45) is 0 Å². The third-order valence-corrected chi connectivity index (χ3v) is 5.27. The van der Waals surface area contributed by atoms with E-state index in [9.17, 15) is 12.8 Å². The van der Waals surface area contributed by atoms with Crippen LogP contribution in [0.5, 0.6) is 0 Å². The third-order valence-electron chi connectivity index (χ3n) is 2.73. The Kier molecular flexibility index (Phi) is 4.67. The fourth-order valence-corrected chi connectivity index (χ4v) is 3.50. The molecule has 0 aliphatic carbocycles. The van der Waals surface area contributed by atoms with E-state index in [-0.39, 0.29) is 17.0 Å². The quantitative estimate of drug-likeness (QED) is 0.913. The van der Waals surface area contributed by atoms with Gasteiger partial charge in [-0.15, -0.1) is 11.3 Å². The van der Waals surface area contributed by atoms with E-state index in [0.29, 0.717) is 5.01 Å².